The number of nitrogens with one attached hydrogen (secondary N) is 1. The van der Waals surface area contributed by atoms with Gasteiger partial charge in [-0.1, -0.05) is 18.9 Å². The standard InChI is InChI=1S/C16H17N5/c1-2-6-12(5-1)19-16-17-9-8-14(20-16)13-11-18-21-10-4-3-7-15(13)21/h3-4,7-12H,1-2,5-6H2,(H,17,19,20). The van der Waals surface area contributed by atoms with E-state index >= 15 is 0 Å². The topological polar surface area (TPSA) is 55.1 Å². The number of pyridine rings is 1. The van der Waals surface area contributed by atoms with Gasteiger partial charge >= 0.3 is 0 Å². The summed E-state index contributed by atoms with van der Waals surface area (Å²) in [6, 6.07) is 8.48. The molecule has 1 aliphatic carbocycles. The SMILES string of the molecule is c1ccn2ncc(-c3ccnc(NC4CCCC4)n3)c2c1. The number of nitrogens with zero attached hydrogens (tertiary/aromatic N) is 4. The predicted molar refractivity (Wildman–Crippen MR) is 82.1 cm³/mol. The van der Waals surface area contributed by atoms with Gasteiger partial charge in [0.25, 0.3) is 0 Å². The molecule has 0 atom stereocenters. The summed E-state index contributed by atoms with van der Waals surface area (Å²) < 4.78 is 1.86. The van der Waals surface area contributed by atoms with Crippen molar-refractivity contribution in [3.8, 4) is 11.3 Å². The highest BCUT2D eigenvalue weighted by Crippen LogP contribution is 2.24. The number of fused-ring (bicyclic) bond motifs is 1. The van der Waals surface area contributed by atoms with Gasteiger partial charge in [0.2, 0.25) is 5.95 Å². The Hall–Kier alpha value is -2.43. The first-order chi connectivity index (χ1) is 10.4. The van der Waals surface area contributed by atoms with Crippen LogP contribution in [0.5, 0.6) is 0 Å². The summed E-state index contributed by atoms with van der Waals surface area (Å²) in [6.07, 6.45) is 10.6. The summed E-state index contributed by atoms with van der Waals surface area (Å²) >= 11 is 0. The quantitative estimate of drug-likeness (QED) is 0.800. The number of hydrogen-bond acceptors (Lipinski definition) is 4. The van der Waals surface area contributed by atoms with E-state index in [-0.39, 0.29) is 0 Å². The van der Waals surface area contributed by atoms with E-state index in [1.165, 1.54) is 25.7 Å². The second kappa shape index (κ2) is 5.16. The molecule has 3 aromatic heterocycles. The van der Waals surface area contributed by atoms with Crippen LogP contribution in [0.1, 0.15) is 25.7 Å². The minimum Gasteiger partial charge on any atom is -0.351 e. The highest BCUT2D eigenvalue weighted by Gasteiger charge is 2.16. The summed E-state index contributed by atoms with van der Waals surface area (Å²) in [5.41, 5.74) is 3.00. The minimum absolute atomic E-state index is 0.518. The zero-order chi connectivity index (χ0) is 14.1. The Morgan fingerprint density at radius 1 is 1.14 bits per heavy atom. The van der Waals surface area contributed by atoms with Crippen LogP contribution in [0.3, 0.4) is 0 Å². The van der Waals surface area contributed by atoms with Crippen LogP contribution in [-0.2, 0) is 0 Å². The Bertz CT molecular complexity index is 758. The Morgan fingerprint density at radius 2 is 2.05 bits per heavy atom. The maximum absolute atomic E-state index is 4.65. The van der Waals surface area contributed by atoms with E-state index in [1.54, 1.807) is 0 Å². The molecular weight excluding hydrogens is 262 g/mol. The first kappa shape index (κ1) is 12.3. The van der Waals surface area contributed by atoms with Crippen molar-refractivity contribution >= 4 is 11.5 Å². The van der Waals surface area contributed by atoms with Crippen molar-refractivity contribution in [2.24, 2.45) is 0 Å². The van der Waals surface area contributed by atoms with Gasteiger partial charge in [-0.25, -0.2) is 14.5 Å². The van der Waals surface area contributed by atoms with Gasteiger partial charge in [-0.2, -0.15) is 5.10 Å². The zero-order valence-corrected chi connectivity index (χ0v) is 11.7. The molecule has 1 aliphatic rings. The molecule has 0 bridgehead atoms. The van der Waals surface area contributed by atoms with Gasteiger partial charge in [-0.3, -0.25) is 0 Å². The third-order valence-electron chi connectivity index (χ3n) is 4.05. The summed E-state index contributed by atoms with van der Waals surface area (Å²) in [7, 11) is 0. The fourth-order valence-corrected chi connectivity index (χ4v) is 2.96. The van der Waals surface area contributed by atoms with Crippen LogP contribution in [0.2, 0.25) is 0 Å². The van der Waals surface area contributed by atoms with Crippen LogP contribution in [0.25, 0.3) is 16.8 Å². The molecule has 3 heterocycles. The first-order valence-electron chi connectivity index (χ1n) is 7.42. The predicted octanol–water partition coefficient (Wildman–Crippen LogP) is 3.15. The summed E-state index contributed by atoms with van der Waals surface area (Å²) in [6.45, 7) is 0. The van der Waals surface area contributed by atoms with Crippen molar-refractivity contribution in [3.05, 3.63) is 42.9 Å². The molecule has 4 rings (SSSR count). The van der Waals surface area contributed by atoms with Gasteiger partial charge in [-0.15, -0.1) is 0 Å². The molecule has 0 spiro atoms. The monoisotopic (exact) mass is 279 g/mol. The molecule has 0 aromatic carbocycles. The fraction of sp³-hybridized carbons (Fsp3) is 0.312. The molecule has 5 heteroatoms. The molecule has 1 N–H and O–H groups in total. The molecule has 0 radical (unpaired) electrons. The van der Waals surface area contributed by atoms with Crippen molar-refractivity contribution < 1.29 is 0 Å². The van der Waals surface area contributed by atoms with Gasteiger partial charge in [0.1, 0.15) is 0 Å². The average molecular weight is 279 g/mol. The lowest BCUT2D eigenvalue weighted by molar-refractivity contribution is 0.744. The molecule has 0 unspecified atom stereocenters. The molecule has 1 saturated carbocycles. The van der Waals surface area contributed by atoms with Crippen molar-refractivity contribution in [2.75, 3.05) is 5.32 Å². The lowest BCUT2D eigenvalue weighted by Crippen LogP contribution is -2.16. The summed E-state index contributed by atoms with van der Waals surface area (Å²) in [5.74, 6) is 0.717. The maximum Gasteiger partial charge on any atom is 0.223 e. The zero-order valence-electron chi connectivity index (χ0n) is 11.7. The van der Waals surface area contributed by atoms with Crippen molar-refractivity contribution in [2.45, 2.75) is 31.7 Å². The van der Waals surface area contributed by atoms with Gasteiger partial charge < -0.3 is 5.32 Å². The van der Waals surface area contributed by atoms with Crippen molar-refractivity contribution in [3.63, 3.8) is 0 Å². The molecule has 0 aliphatic heterocycles. The fourth-order valence-electron chi connectivity index (χ4n) is 2.96. The number of anilines is 1. The van der Waals surface area contributed by atoms with E-state index in [2.05, 4.69) is 26.4 Å². The number of aromatic nitrogens is 4. The van der Waals surface area contributed by atoms with Crippen LogP contribution < -0.4 is 5.32 Å². The normalized spacial score (nSPS) is 15.6. The lowest BCUT2D eigenvalue weighted by Gasteiger charge is -2.11. The third kappa shape index (κ3) is 2.35. The number of hydrogen-bond donors (Lipinski definition) is 1. The van der Waals surface area contributed by atoms with Gasteiger partial charge in [0.05, 0.1) is 17.4 Å². The van der Waals surface area contributed by atoms with Gasteiger partial charge in [0, 0.05) is 24.0 Å². The molecule has 5 nitrogen and oxygen atoms in total. The third-order valence-corrected chi connectivity index (χ3v) is 4.05. The number of rotatable bonds is 3. The Morgan fingerprint density at radius 3 is 2.95 bits per heavy atom. The highest BCUT2D eigenvalue weighted by atomic mass is 15.2. The lowest BCUT2D eigenvalue weighted by atomic mass is 10.2. The van der Waals surface area contributed by atoms with Crippen molar-refractivity contribution in [1.82, 2.24) is 19.6 Å². The van der Waals surface area contributed by atoms with Crippen molar-refractivity contribution in [1.29, 1.82) is 0 Å². The van der Waals surface area contributed by atoms with Gasteiger partial charge in [0.15, 0.2) is 0 Å². The van der Waals surface area contributed by atoms with E-state index < -0.39 is 0 Å². The maximum atomic E-state index is 4.65. The first-order valence-corrected chi connectivity index (χ1v) is 7.42. The molecule has 21 heavy (non-hydrogen) atoms. The molecule has 3 aromatic rings. The average Bonchev–Trinajstić information content (AvgIpc) is 3.16. The van der Waals surface area contributed by atoms with Gasteiger partial charge in [-0.05, 0) is 31.0 Å². The van der Waals surface area contributed by atoms with E-state index in [4.69, 9.17) is 0 Å². The van der Waals surface area contributed by atoms with Crippen LogP contribution in [0.15, 0.2) is 42.9 Å². The smallest absolute Gasteiger partial charge is 0.223 e. The molecule has 0 saturated heterocycles. The molecule has 0 amide bonds. The van der Waals surface area contributed by atoms with E-state index in [0.717, 1.165) is 22.7 Å². The van der Waals surface area contributed by atoms with Crippen LogP contribution in [0.4, 0.5) is 5.95 Å². The summed E-state index contributed by atoms with van der Waals surface area (Å²) in [4.78, 5) is 9.00. The van der Waals surface area contributed by atoms with Crippen LogP contribution in [0, 0.1) is 0 Å². The molecule has 1 fully saturated rings. The molecule has 106 valence electrons. The van der Waals surface area contributed by atoms with E-state index in [0.29, 0.717) is 6.04 Å². The Kier molecular flexibility index (Phi) is 3.03. The Labute approximate surface area is 123 Å². The van der Waals surface area contributed by atoms with Crippen LogP contribution >= 0.6 is 0 Å². The Balaban J connectivity index is 1.68. The molecular formula is C16H17N5. The van der Waals surface area contributed by atoms with Crippen LogP contribution in [-0.4, -0.2) is 25.6 Å². The summed E-state index contributed by atoms with van der Waals surface area (Å²) in [5, 5.41) is 7.81. The van der Waals surface area contributed by atoms with E-state index in [9.17, 15) is 0 Å². The second-order valence-electron chi connectivity index (χ2n) is 5.48. The van der Waals surface area contributed by atoms with E-state index in [1.807, 2.05) is 41.3 Å². The highest BCUT2D eigenvalue weighted by molar-refractivity contribution is 5.77. The minimum atomic E-state index is 0.518. The largest absolute Gasteiger partial charge is 0.351 e. The second-order valence-corrected chi connectivity index (χ2v) is 5.48.